The van der Waals surface area contributed by atoms with E-state index in [1.54, 1.807) is 17.2 Å². The number of aryl methyl sites for hydroxylation is 2. The number of fused-ring (bicyclic) bond motifs is 1. The highest BCUT2D eigenvalue weighted by atomic mass is 32.1. The van der Waals surface area contributed by atoms with Crippen LogP contribution in [0.4, 0.5) is 5.82 Å². The van der Waals surface area contributed by atoms with E-state index >= 15 is 0 Å². The van der Waals surface area contributed by atoms with Gasteiger partial charge in [0.1, 0.15) is 17.0 Å². The third-order valence-electron chi connectivity index (χ3n) is 4.44. The Hall–Kier alpha value is -2.59. The van der Waals surface area contributed by atoms with Crippen LogP contribution in [0, 0.1) is 13.8 Å². The number of nitrogens with one attached hydrogen (secondary N) is 1. The van der Waals surface area contributed by atoms with Gasteiger partial charge in [-0.25, -0.2) is 19.6 Å². The van der Waals surface area contributed by atoms with Crippen molar-refractivity contribution in [3.63, 3.8) is 0 Å². The summed E-state index contributed by atoms with van der Waals surface area (Å²) in [4.78, 5) is 28.3. The highest BCUT2D eigenvalue weighted by molar-refractivity contribution is 7.13. The van der Waals surface area contributed by atoms with Crippen molar-refractivity contribution in [1.82, 2.24) is 30.0 Å². The molecule has 0 radical (unpaired) electrons. The lowest BCUT2D eigenvalue weighted by molar-refractivity contribution is 0.0955. The maximum absolute atomic E-state index is 12.3. The van der Waals surface area contributed by atoms with Crippen LogP contribution in [0.25, 0.3) is 11.0 Å². The van der Waals surface area contributed by atoms with Gasteiger partial charge in [0.2, 0.25) is 0 Å². The lowest BCUT2D eigenvalue weighted by Crippen LogP contribution is -2.36. The van der Waals surface area contributed by atoms with Crippen molar-refractivity contribution in [2.24, 2.45) is 0 Å². The molecule has 0 bridgehead atoms. The monoisotopic (exact) mass is 387 g/mol. The second kappa shape index (κ2) is 7.57. The first kappa shape index (κ1) is 17.8. The topological polar surface area (TPSA) is 98.1 Å². The van der Waals surface area contributed by atoms with E-state index in [4.69, 9.17) is 4.74 Å². The summed E-state index contributed by atoms with van der Waals surface area (Å²) in [7, 11) is 0. The number of hydrogen-bond acceptors (Lipinski definition) is 8. The predicted octanol–water partition coefficient (Wildman–Crippen LogP) is 1.17. The van der Waals surface area contributed by atoms with Crippen molar-refractivity contribution in [2.75, 3.05) is 37.7 Å². The van der Waals surface area contributed by atoms with E-state index in [-0.39, 0.29) is 5.91 Å². The molecule has 0 aliphatic carbocycles. The molecule has 4 rings (SSSR count). The van der Waals surface area contributed by atoms with Gasteiger partial charge in [0, 0.05) is 19.6 Å². The fourth-order valence-corrected chi connectivity index (χ4v) is 4.01. The minimum atomic E-state index is -0.0989. The van der Waals surface area contributed by atoms with E-state index in [0.717, 1.165) is 40.6 Å². The van der Waals surface area contributed by atoms with Gasteiger partial charge in [0.15, 0.2) is 5.65 Å². The molecule has 0 spiro atoms. The molecule has 1 amide bonds. The third kappa shape index (κ3) is 3.62. The predicted molar refractivity (Wildman–Crippen MR) is 102 cm³/mol. The van der Waals surface area contributed by atoms with Crippen molar-refractivity contribution in [3.8, 4) is 0 Å². The van der Waals surface area contributed by atoms with Crippen LogP contribution in [0.3, 0.4) is 0 Å². The summed E-state index contributed by atoms with van der Waals surface area (Å²) < 4.78 is 7.21. The van der Waals surface area contributed by atoms with Gasteiger partial charge in [-0.3, -0.25) is 4.79 Å². The Morgan fingerprint density at radius 2 is 2.11 bits per heavy atom. The van der Waals surface area contributed by atoms with Crippen molar-refractivity contribution in [2.45, 2.75) is 20.4 Å². The van der Waals surface area contributed by atoms with Crippen molar-refractivity contribution in [1.29, 1.82) is 0 Å². The molecule has 1 aliphatic heterocycles. The first-order valence-corrected chi connectivity index (χ1v) is 9.66. The molecular weight excluding hydrogens is 366 g/mol. The normalized spacial score (nSPS) is 14.7. The number of thiazole rings is 1. The molecule has 1 fully saturated rings. The molecule has 3 aromatic rings. The van der Waals surface area contributed by atoms with Gasteiger partial charge in [-0.05, 0) is 13.8 Å². The number of amides is 1. The van der Waals surface area contributed by atoms with E-state index in [1.807, 2.05) is 13.8 Å². The maximum Gasteiger partial charge on any atom is 0.263 e. The first-order valence-electron chi connectivity index (χ1n) is 8.85. The Bertz CT molecular complexity index is 962. The van der Waals surface area contributed by atoms with Gasteiger partial charge in [-0.1, -0.05) is 0 Å². The summed E-state index contributed by atoms with van der Waals surface area (Å²) in [6, 6.07) is 0. The summed E-state index contributed by atoms with van der Waals surface area (Å²) >= 11 is 1.41. The summed E-state index contributed by atoms with van der Waals surface area (Å²) in [6.07, 6.45) is 3.35. The lowest BCUT2D eigenvalue weighted by Gasteiger charge is -2.27. The standard InChI is InChI=1S/C17H21N7O2S/c1-11-14(27-12(2)22-11)17(25)18-3-4-24-16-13(9-21-24)15(19-10-20-16)23-5-7-26-8-6-23/h9-10H,3-8H2,1-2H3,(H,18,25). The molecule has 0 aromatic carbocycles. The van der Waals surface area contributed by atoms with Gasteiger partial charge in [-0.2, -0.15) is 5.10 Å². The highest BCUT2D eigenvalue weighted by Crippen LogP contribution is 2.23. The summed E-state index contributed by atoms with van der Waals surface area (Å²) in [5.41, 5.74) is 1.54. The van der Waals surface area contributed by atoms with E-state index in [9.17, 15) is 4.79 Å². The van der Waals surface area contributed by atoms with Crippen LogP contribution in [-0.4, -0.2) is 63.5 Å². The van der Waals surface area contributed by atoms with Crippen LogP contribution in [0.5, 0.6) is 0 Å². The fourth-order valence-electron chi connectivity index (χ4n) is 3.17. The molecule has 1 N–H and O–H groups in total. The number of hydrogen-bond donors (Lipinski definition) is 1. The SMILES string of the molecule is Cc1nc(C)c(C(=O)NCCn2ncc3c(N4CCOCC4)ncnc32)s1. The van der Waals surface area contributed by atoms with Crippen LogP contribution >= 0.6 is 11.3 Å². The van der Waals surface area contributed by atoms with E-state index in [0.29, 0.717) is 31.2 Å². The molecule has 0 unspecified atom stereocenters. The average Bonchev–Trinajstić information content (AvgIpc) is 3.25. The van der Waals surface area contributed by atoms with Crippen LogP contribution in [0.2, 0.25) is 0 Å². The number of aromatic nitrogens is 5. The molecule has 142 valence electrons. The Labute approximate surface area is 160 Å². The van der Waals surface area contributed by atoms with E-state index in [1.165, 1.54) is 11.3 Å². The second-order valence-electron chi connectivity index (χ2n) is 6.31. The van der Waals surface area contributed by atoms with Crippen LogP contribution in [0.15, 0.2) is 12.5 Å². The van der Waals surface area contributed by atoms with Gasteiger partial charge >= 0.3 is 0 Å². The second-order valence-corrected chi connectivity index (χ2v) is 7.51. The molecule has 1 aliphatic rings. The third-order valence-corrected chi connectivity index (χ3v) is 5.51. The molecule has 9 nitrogen and oxygen atoms in total. The number of anilines is 1. The summed E-state index contributed by atoms with van der Waals surface area (Å²) in [6.45, 7) is 7.75. The molecule has 27 heavy (non-hydrogen) atoms. The quantitative estimate of drug-likeness (QED) is 0.702. The van der Waals surface area contributed by atoms with Crippen LogP contribution in [-0.2, 0) is 11.3 Å². The zero-order chi connectivity index (χ0) is 18.8. The van der Waals surface area contributed by atoms with E-state index < -0.39 is 0 Å². The fraction of sp³-hybridized carbons (Fsp3) is 0.471. The Kier molecular flexibility index (Phi) is 4.99. The van der Waals surface area contributed by atoms with Crippen molar-refractivity contribution < 1.29 is 9.53 Å². The van der Waals surface area contributed by atoms with Gasteiger partial charge in [0.05, 0.1) is 42.0 Å². The maximum atomic E-state index is 12.3. The summed E-state index contributed by atoms with van der Waals surface area (Å²) in [5, 5.41) is 9.18. The molecular formula is C17H21N7O2S. The Morgan fingerprint density at radius 1 is 1.30 bits per heavy atom. The minimum absolute atomic E-state index is 0.0989. The van der Waals surface area contributed by atoms with Crippen LogP contribution < -0.4 is 10.2 Å². The largest absolute Gasteiger partial charge is 0.378 e. The zero-order valence-electron chi connectivity index (χ0n) is 15.3. The van der Waals surface area contributed by atoms with Gasteiger partial charge in [0.25, 0.3) is 5.91 Å². The van der Waals surface area contributed by atoms with Gasteiger partial charge < -0.3 is 15.0 Å². The molecule has 10 heteroatoms. The van der Waals surface area contributed by atoms with E-state index in [2.05, 4.69) is 30.3 Å². The average molecular weight is 387 g/mol. The number of morpholine rings is 1. The smallest absolute Gasteiger partial charge is 0.263 e. The molecule has 0 atom stereocenters. The minimum Gasteiger partial charge on any atom is -0.378 e. The first-order chi connectivity index (χ1) is 13.1. The number of rotatable bonds is 5. The van der Waals surface area contributed by atoms with Crippen LogP contribution in [0.1, 0.15) is 20.4 Å². The number of nitrogens with zero attached hydrogens (tertiary/aromatic N) is 6. The van der Waals surface area contributed by atoms with Crippen molar-refractivity contribution in [3.05, 3.63) is 28.1 Å². The molecule has 0 saturated carbocycles. The summed E-state index contributed by atoms with van der Waals surface area (Å²) in [5.74, 6) is 0.785. The molecule has 4 heterocycles. The molecule has 3 aromatic heterocycles. The lowest BCUT2D eigenvalue weighted by atomic mass is 10.3. The van der Waals surface area contributed by atoms with Crippen molar-refractivity contribution >= 4 is 34.1 Å². The Morgan fingerprint density at radius 3 is 2.85 bits per heavy atom. The number of ether oxygens (including phenoxy) is 1. The number of carbonyl (C=O) groups excluding carboxylic acids is 1. The number of carbonyl (C=O) groups is 1. The zero-order valence-corrected chi connectivity index (χ0v) is 16.1. The highest BCUT2D eigenvalue weighted by Gasteiger charge is 2.18. The molecule has 1 saturated heterocycles. The van der Waals surface area contributed by atoms with Gasteiger partial charge in [-0.15, -0.1) is 11.3 Å². The Balaban J connectivity index is 1.45.